The standard InChI is InChI=1S/C33H39FN4O3Si/c1-23-7-9-24(10-8-23)22-40-26-11-12-27(28(34)21-26)29-30(25-13-15-35-16-14-25)36-38-18-17-37(32(39)31(29)38)19-20-41-42(5,6)33(2,3)4/h7-16,21H,17-20,22H2,1-6H3. The Morgan fingerprint density at radius 3 is 2.38 bits per heavy atom. The minimum absolute atomic E-state index is 0.0810. The third-order valence-corrected chi connectivity index (χ3v) is 12.9. The maximum atomic E-state index is 15.9. The van der Waals surface area contributed by atoms with Crippen LogP contribution >= 0.6 is 0 Å². The van der Waals surface area contributed by atoms with Gasteiger partial charge in [-0.05, 0) is 54.9 Å². The SMILES string of the molecule is Cc1ccc(COc2ccc(-c3c(-c4ccncc4)nn4c3C(=O)N(CCO[Si](C)(C)C(C)(C)C)CC4)c(F)c2)cc1. The summed E-state index contributed by atoms with van der Waals surface area (Å²) >= 11 is 0. The third-order valence-electron chi connectivity index (χ3n) is 8.34. The van der Waals surface area contributed by atoms with Crippen molar-refractivity contribution in [2.45, 2.75) is 59.0 Å². The molecule has 2 aromatic heterocycles. The number of hydrogen-bond donors (Lipinski definition) is 0. The molecular formula is C33H39FN4O3Si. The molecular weight excluding hydrogens is 547 g/mol. The van der Waals surface area contributed by atoms with Gasteiger partial charge in [-0.2, -0.15) is 5.10 Å². The fourth-order valence-corrected chi connectivity index (χ4v) is 5.79. The van der Waals surface area contributed by atoms with Gasteiger partial charge < -0.3 is 14.1 Å². The lowest BCUT2D eigenvalue weighted by Crippen LogP contribution is -2.46. The van der Waals surface area contributed by atoms with E-state index in [4.69, 9.17) is 14.3 Å². The molecule has 42 heavy (non-hydrogen) atoms. The average molecular weight is 587 g/mol. The Labute approximate surface area is 248 Å². The molecule has 0 aliphatic carbocycles. The molecule has 0 atom stereocenters. The number of amides is 1. The summed E-state index contributed by atoms with van der Waals surface area (Å²) in [5.41, 5.74) is 4.64. The summed E-state index contributed by atoms with van der Waals surface area (Å²) in [5, 5.41) is 4.88. The van der Waals surface area contributed by atoms with Crippen molar-refractivity contribution < 1.29 is 18.3 Å². The molecule has 1 amide bonds. The van der Waals surface area contributed by atoms with Crippen molar-refractivity contribution in [3.63, 3.8) is 0 Å². The molecule has 5 rings (SSSR count). The molecule has 0 saturated carbocycles. The number of hydrogen-bond acceptors (Lipinski definition) is 5. The second-order valence-corrected chi connectivity index (χ2v) is 17.2. The highest BCUT2D eigenvalue weighted by Crippen LogP contribution is 2.39. The number of aryl methyl sites for hydroxylation is 1. The molecule has 3 heterocycles. The predicted molar refractivity (Wildman–Crippen MR) is 165 cm³/mol. The number of rotatable bonds is 9. The van der Waals surface area contributed by atoms with Crippen molar-refractivity contribution >= 4 is 14.2 Å². The second kappa shape index (κ2) is 11.8. The van der Waals surface area contributed by atoms with E-state index in [9.17, 15) is 4.79 Å². The molecule has 9 heteroatoms. The Balaban J connectivity index is 1.44. The summed E-state index contributed by atoms with van der Waals surface area (Å²) in [6.07, 6.45) is 3.34. The molecule has 220 valence electrons. The van der Waals surface area contributed by atoms with Crippen LogP contribution in [0.25, 0.3) is 22.4 Å². The van der Waals surface area contributed by atoms with E-state index in [1.807, 2.05) is 43.3 Å². The number of fused-ring (bicyclic) bond motifs is 1. The highest BCUT2D eigenvalue weighted by atomic mass is 28.4. The Morgan fingerprint density at radius 2 is 1.71 bits per heavy atom. The van der Waals surface area contributed by atoms with E-state index in [1.165, 1.54) is 11.6 Å². The van der Waals surface area contributed by atoms with Crippen LogP contribution in [0, 0.1) is 12.7 Å². The lowest BCUT2D eigenvalue weighted by molar-refractivity contribution is 0.0666. The lowest BCUT2D eigenvalue weighted by atomic mass is 9.97. The Morgan fingerprint density at radius 1 is 1.00 bits per heavy atom. The molecule has 1 aliphatic rings. The molecule has 4 aromatic rings. The van der Waals surface area contributed by atoms with Crippen LogP contribution in [0.4, 0.5) is 4.39 Å². The van der Waals surface area contributed by atoms with Gasteiger partial charge in [0.25, 0.3) is 5.91 Å². The van der Waals surface area contributed by atoms with Gasteiger partial charge in [0.15, 0.2) is 8.32 Å². The van der Waals surface area contributed by atoms with Gasteiger partial charge in [0.2, 0.25) is 0 Å². The van der Waals surface area contributed by atoms with Gasteiger partial charge >= 0.3 is 0 Å². The van der Waals surface area contributed by atoms with E-state index in [0.29, 0.717) is 61.1 Å². The van der Waals surface area contributed by atoms with Gasteiger partial charge in [0.1, 0.15) is 29.6 Å². The molecule has 0 fully saturated rings. The van der Waals surface area contributed by atoms with Crippen LogP contribution in [0.3, 0.4) is 0 Å². The van der Waals surface area contributed by atoms with Gasteiger partial charge in [-0.15, -0.1) is 0 Å². The highest BCUT2D eigenvalue weighted by Gasteiger charge is 2.38. The zero-order valence-electron chi connectivity index (χ0n) is 25.3. The Kier molecular flexibility index (Phi) is 8.34. The Hall–Kier alpha value is -3.82. The zero-order valence-corrected chi connectivity index (χ0v) is 26.3. The van der Waals surface area contributed by atoms with Crippen LogP contribution in [-0.4, -0.2) is 53.6 Å². The highest BCUT2D eigenvalue weighted by molar-refractivity contribution is 6.74. The van der Waals surface area contributed by atoms with Crippen molar-refractivity contribution in [1.29, 1.82) is 0 Å². The second-order valence-electron chi connectivity index (χ2n) is 12.3. The normalized spacial score (nSPS) is 13.8. The quantitative estimate of drug-likeness (QED) is 0.195. The first-order valence-corrected chi connectivity index (χ1v) is 17.3. The van der Waals surface area contributed by atoms with E-state index in [1.54, 1.807) is 34.1 Å². The minimum Gasteiger partial charge on any atom is -0.489 e. The van der Waals surface area contributed by atoms with Crippen LogP contribution in [0.2, 0.25) is 18.1 Å². The maximum Gasteiger partial charge on any atom is 0.272 e. The van der Waals surface area contributed by atoms with E-state index >= 15 is 4.39 Å². The molecule has 0 unspecified atom stereocenters. The number of aromatic nitrogens is 3. The summed E-state index contributed by atoms with van der Waals surface area (Å²) in [5.74, 6) is -0.241. The van der Waals surface area contributed by atoms with Gasteiger partial charge in [-0.25, -0.2) is 4.39 Å². The number of pyridine rings is 1. The van der Waals surface area contributed by atoms with E-state index in [2.05, 4.69) is 38.8 Å². The summed E-state index contributed by atoms with van der Waals surface area (Å²) in [7, 11) is -1.95. The van der Waals surface area contributed by atoms with E-state index in [0.717, 1.165) is 11.1 Å². The number of halogens is 1. The number of nitrogens with zero attached hydrogens (tertiary/aromatic N) is 4. The number of benzene rings is 2. The van der Waals surface area contributed by atoms with E-state index in [-0.39, 0.29) is 10.9 Å². The smallest absolute Gasteiger partial charge is 0.272 e. The summed E-state index contributed by atoms with van der Waals surface area (Å²) in [6, 6.07) is 16.5. The zero-order chi connectivity index (χ0) is 30.1. The number of ether oxygens (including phenoxy) is 1. The van der Waals surface area contributed by atoms with Gasteiger partial charge in [-0.3, -0.25) is 14.5 Å². The average Bonchev–Trinajstić information content (AvgIpc) is 3.34. The van der Waals surface area contributed by atoms with Crippen LogP contribution in [0.5, 0.6) is 5.75 Å². The van der Waals surface area contributed by atoms with Gasteiger partial charge in [0.05, 0.1) is 13.2 Å². The largest absolute Gasteiger partial charge is 0.489 e. The first-order valence-electron chi connectivity index (χ1n) is 14.4. The fraction of sp³-hybridized carbons (Fsp3) is 0.364. The van der Waals surface area contributed by atoms with Crippen molar-refractivity contribution in [2.24, 2.45) is 0 Å². The van der Waals surface area contributed by atoms with Crippen LogP contribution < -0.4 is 4.74 Å². The van der Waals surface area contributed by atoms with Crippen LogP contribution in [0.15, 0.2) is 67.0 Å². The lowest BCUT2D eigenvalue weighted by Gasteiger charge is -2.37. The molecule has 0 N–H and O–H groups in total. The first-order chi connectivity index (χ1) is 19.9. The Bertz CT molecular complexity index is 1560. The summed E-state index contributed by atoms with van der Waals surface area (Å²) < 4.78 is 29.8. The predicted octanol–water partition coefficient (Wildman–Crippen LogP) is 7.12. The van der Waals surface area contributed by atoms with Crippen molar-refractivity contribution in [1.82, 2.24) is 19.7 Å². The van der Waals surface area contributed by atoms with Gasteiger partial charge in [0, 0.05) is 48.2 Å². The summed E-state index contributed by atoms with van der Waals surface area (Å²) in [6.45, 7) is 15.3. The van der Waals surface area contributed by atoms with E-state index < -0.39 is 14.1 Å². The fourth-order valence-electron chi connectivity index (χ4n) is 4.75. The van der Waals surface area contributed by atoms with Crippen LogP contribution in [-0.2, 0) is 17.6 Å². The van der Waals surface area contributed by atoms with Crippen molar-refractivity contribution in [2.75, 3.05) is 19.7 Å². The van der Waals surface area contributed by atoms with Crippen LogP contribution in [0.1, 0.15) is 42.4 Å². The molecule has 1 aliphatic heterocycles. The molecule has 2 aromatic carbocycles. The molecule has 0 bridgehead atoms. The van der Waals surface area contributed by atoms with Gasteiger partial charge in [-0.1, -0.05) is 50.6 Å². The minimum atomic E-state index is -1.95. The monoisotopic (exact) mass is 586 g/mol. The summed E-state index contributed by atoms with van der Waals surface area (Å²) in [4.78, 5) is 19.8. The third kappa shape index (κ3) is 6.17. The molecule has 0 saturated heterocycles. The van der Waals surface area contributed by atoms with Crippen molar-refractivity contribution in [3.05, 3.63) is 89.6 Å². The molecule has 7 nitrogen and oxygen atoms in total. The van der Waals surface area contributed by atoms with Crippen molar-refractivity contribution in [3.8, 4) is 28.1 Å². The number of carbonyl (C=O) groups is 1. The first kappa shape index (κ1) is 29.7. The molecule has 0 radical (unpaired) electrons. The molecule has 0 spiro atoms. The number of carbonyl (C=O) groups excluding carboxylic acids is 1. The topological polar surface area (TPSA) is 69.5 Å². The maximum absolute atomic E-state index is 15.9.